The van der Waals surface area contributed by atoms with Crippen molar-refractivity contribution in [2.75, 3.05) is 26.4 Å². The Morgan fingerprint density at radius 3 is 0.491 bits per heavy atom. The molecule has 0 radical (unpaired) electrons. The van der Waals surface area contributed by atoms with E-state index in [0.29, 0.717) is 0 Å². The van der Waals surface area contributed by atoms with E-state index in [1.54, 1.807) is 0 Å². The Labute approximate surface area is 290 Å². The Bertz CT molecular complexity index is 1260. The molecular weight excluding hydrogens is 912 g/mol. The smallest absolute Gasteiger partial charge is 0.460 e. The zero-order valence-electron chi connectivity index (χ0n) is 25.2. The lowest BCUT2D eigenvalue weighted by Gasteiger charge is -2.35. The molecule has 0 N–H and O–H groups in total. The van der Waals surface area contributed by atoms with E-state index in [-0.39, 0.29) is 0 Å². The number of hydrogen-bond acceptors (Lipinski definition) is 8. The van der Waals surface area contributed by atoms with E-state index in [1.165, 1.54) is 0 Å². The normalized spacial score (nSPS) is 15.2. The van der Waals surface area contributed by atoms with Crippen LogP contribution < -0.4 is 0 Å². The van der Waals surface area contributed by atoms with E-state index in [9.17, 15) is 142 Å². The third-order valence-electron chi connectivity index (χ3n) is 6.06. The van der Waals surface area contributed by atoms with Crippen LogP contribution >= 0.6 is 0 Å². The molecule has 8 nitrogen and oxygen atoms in total. The molecule has 36 heteroatoms. The molecule has 0 aromatic rings. The van der Waals surface area contributed by atoms with Crippen molar-refractivity contribution in [2.45, 2.75) is 72.1 Å². The molecule has 0 heterocycles. The van der Waals surface area contributed by atoms with Gasteiger partial charge in [-0.3, -0.25) is 0 Å². The molecule has 336 valence electrons. The van der Waals surface area contributed by atoms with Gasteiger partial charge in [0.1, 0.15) is 31.8 Å². The fourth-order valence-corrected chi connectivity index (χ4v) is 2.71. The lowest BCUT2D eigenvalue weighted by molar-refractivity contribution is -0.351. The Morgan fingerprint density at radius 1 is 0.263 bits per heavy atom. The number of rotatable bonds is 16. The average Bonchev–Trinajstić information content (AvgIpc) is 3.00. The molecule has 0 aliphatic carbocycles. The maximum Gasteiger partial charge on any atom is 0.460 e. The zero-order chi connectivity index (χ0) is 46.5. The van der Waals surface area contributed by atoms with Crippen LogP contribution in [0.3, 0.4) is 0 Å². The summed E-state index contributed by atoms with van der Waals surface area (Å²) in [7, 11) is 0. The fourth-order valence-electron chi connectivity index (χ4n) is 2.71. The van der Waals surface area contributed by atoms with E-state index >= 15 is 0 Å². The standard InChI is InChI=1S/C21H8F28O8/c22-10(23,14(30,31)18(38,39)40)5(50)54-1-9(2-55-6(51)11(24,25)15(32,33)19(41,42)43,3-56-7(52)12(26,27)16(34,35)20(44,45)46)4-57-8(53)13(28,29)17(36,37)21(47,48)49/h1-4H2. The topological polar surface area (TPSA) is 105 Å². The van der Waals surface area contributed by atoms with Crippen LogP contribution in [0.5, 0.6) is 0 Å². The monoisotopic (exact) mass is 920 g/mol. The lowest BCUT2D eigenvalue weighted by atomic mass is 9.91. The number of hydrogen-bond donors (Lipinski definition) is 0. The van der Waals surface area contributed by atoms with Gasteiger partial charge in [-0.15, -0.1) is 0 Å². The van der Waals surface area contributed by atoms with Gasteiger partial charge in [0.25, 0.3) is 0 Å². The first-order chi connectivity index (χ1) is 24.5. The van der Waals surface area contributed by atoms with Crippen LogP contribution in [0.2, 0.25) is 0 Å². The Hall–Kier alpha value is -4.08. The van der Waals surface area contributed by atoms with Crippen LogP contribution in [0.15, 0.2) is 0 Å². The molecule has 0 amide bonds. The van der Waals surface area contributed by atoms with Gasteiger partial charge in [-0.25, -0.2) is 19.2 Å². The van der Waals surface area contributed by atoms with Gasteiger partial charge in [-0.1, -0.05) is 0 Å². The minimum atomic E-state index is -7.72. The van der Waals surface area contributed by atoms with Crippen LogP contribution in [0.4, 0.5) is 123 Å². The Balaban J connectivity index is 7.64. The largest absolute Gasteiger partial charge is 0.460 e. The van der Waals surface area contributed by atoms with Crippen molar-refractivity contribution >= 4 is 23.9 Å². The summed E-state index contributed by atoms with van der Waals surface area (Å²) >= 11 is 0. The molecule has 0 unspecified atom stereocenters. The predicted octanol–water partition coefficient (Wildman–Crippen LogP) is 7.48. The van der Waals surface area contributed by atoms with Crippen LogP contribution in [-0.4, -0.2) is 122 Å². The first kappa shape index (κ1) is 52.9. The summed E-state index contributed by atoms with van der Waals surface area (Å²) in [5.74, 6) is -78.7. The van der Waals surface area contributed by atoms with Crippen LogP contribution in [0.25, 0.3) is 0 Å². The van der Waals surface area contributed by atoms with E-state index < -0.39 is 128 Å². The zero-order valence-corrected chi connectivity index (χ0v) is 25.2. The van der Waals surface area contributed by atoms with Gasteiger partial charge in [0.2, 0.25) is 0 Å². The molecule has 0 spiro atoms. The van der Waals surface area contributed by atoms with Crippen molar-refractivity contribution in [3.8, 4) is 0 Å². The molecule has 0 fully saturated rings. The number of carbonyl (C=O) groups is 4. The molecule has 0 rings (SSSR count). The van der Waals surface area contributed by atoms with E-state index in [4.69, 9.17) is 0 Å². The first-order valence-electron chi connectivity index (χ1n) is 12.5. The highest BCUT2D eigenvalue weighted by molar-refractivity contribution is 5.81. The molecule has 0 bridgehead atoms. The Kier molecular flexibility index (Phi) is 14.2. The molecule has 0 atom stereocenters. The molecule has 57 heavy (non-hydrogen) atoms. The van der Waals surface area contributed by atoms with Gasteiger partial charge in [0.15, 0.2) is 0 Å². The van der Waals surface area contributed by atoms with Crippen LogP contribution in [-0.2, 0) is 38.1 Å². The van der Waals surface area contributed by atoms with Gasteiger partial charge in [-0.2, -0.15) is 123 Å². The maximum absolute atomic E-state index is 13.7. The summed E-state index contributed by atoms with van der Waals surface area (Å²) in [5.41, 5.74) is -4.89. The minimum absolute atomic E-state index is 2.98. The number of esters is 4. The van der Waals surface area contributed by atoms with E-state index in [1.807, 2.05) is 0 Å². The second-order valence-electron chi connectivity index (χ2n) is 10.4. The number of alkyl halides is 28. The SMILES string of the molecule is O=C(OCC(COC(=O)C(F)(F)C(F)(F)C(F)(F)F)(COC(=O)C(F)(F)C(F)(F)C(F)(F)F)COC(=O)C(F)(F)C(F)(F)C(F)(F)F)C(F)(F)C(F)(F)C(F)(F)F. The van der Waals surface area contributed by atoms with Gasteiger partial charge < -0.3 is 18.9 Å². The van der Waals surface area contributed by atoms with Gasteiger partial charge >= 0.3 is 96.0 Å². The van der Waals surface area contributed by atoms with Gasteiger partial charge in [0, 0.05) is 0 Å². The summed E-state index contributed by atoms with van der Waals surface area (Å²) in [5, 5.41) is 0. The molecule has 0 aromatic carbocycles. The molecule has 0 saturated heterocycles. The quantitative estimate of drug-likeness (QED) is 0.0893. The third-order valence-corrected chi connectivity index (χ3v) is 6.06. The summed E-state index contributed by atoms with van der Waals surface area (Å²) in [6, 6.07) is 0. The van der Waals surface area contributed by atoms with Crippen molar-refractivity contribution in [2.24, 2.45) is 5.41 Å². The molecule has 0 aliphatic rings. The summed E-state index contributed by atoms with van der Waals surface area (Å²) in [6.45, 7) is -13.9. The highest BCUT2D eigenvalue weighted by Gasteiger charge is 2.80. The number of halogens is 28. The highest BCUT2D eigenvalue weighted by atomic mass is 19.5. The summed E-state index contributed by atoms with van der Waals surface area (Å²) in [6.07, 6.45) is -30.4. The van der Waals surface area contributed by atoms with Gasteiger partial charge in [-0.05, 0) is 0 Å². The van der Waals surface area contributed by atoms with E-state index in [0.717, 1.165) is 0 Å². The number of carbonyl (C=O) groups excluding carboxylic acids is 4. The molecule has 0 aliphatic heterocycles. The fraction of sp³-hybridized carbons (Fsp3) is 0.810. The first-order valence-corrected chi connectivity index (χ1v) is 12.5. The van der Waals surface area contributed by atoms with E-state index in [2.05, 4.69) is 18.9 Å². The van der Waals surface area contributed by atoms with Crippen LogP contribution in [0.1, 0.15) is 0 Å². The average molecular weight is 920 g/mol. The maximum atomic E-state index is 13.7. The highest BCUT2D eigenvalue weighted by Crippen LogP contribution is 2.51. The van der Waals surface area contributed by atoms with Crippen molar-refractivity contribution in [1.29, 1.82) is 0 Å². The summed E-state index contributed by atoms with van der Waals surface area (Å²) < 4.78 is 377. The second-order valence-corrected chi connectivity index (χ2v) is 10.4. The second kappa shape index (κ2) is 15.3. The molecule has 0 aromatic heterocycles. The number of ether oxygens (including phenoxy) is 4. The molecular formula is C21H8F28O8. The minimum Gasteiger partial charge on any atom is -0.460 e. The lowest BCUT2D eigenvalue weighted by Crippen LogP contribution is -2.59. The summed E-state index contributed by atoms with van der Waals surface area (Å²) in [4.78, 5) is 46.1. The van der Waals surface area contributed by atoms with Crippen molar-refractivity contribution in [3.63, 3.8) is 0 Å². The third kappa shape index (κ3) is 9.63. The predicted molar refractivity (Wildman–Crippen MR) is 110 cm³/mol. The van der Waals surface area contributed by atoms with Crippen molar-refractivity contribution < 1.29 is 161 Å². The Morgan fingerprint density at radius 2 is 0.386 bits per heavy atom. The van der Waals surface area contributed by atoms with Crippen molar-refractivity contribution in [1.82, 2.24) is 0 Å². The van der Waals surface area contributed by atoms with Crippen LogP contribution in [0, 0.1) is 5.41 Å². The van der Waals surface area contributed by atoms with Crippen molar-refractivity contribution in [3.05, 3.63) is 0 Å². The molecule has 0 saturated carbocycles. The van der Waals surface area contributed by atoms with Gasteiger partial charge in [0.05, 0.1) is 0 Å².